The number of halogens is 4. The van der Waals surface area contributed by atoms with Crippen LogP contribution in [0.4, 0.5) is 17.6 Å². The highest BCUT2D eigenvalue weighted by Gasteiger charge is 2.43. The Kier molecular flexibility index (Phi) is 7.05. The molecule has 3 aromatic rings. The van der Waals surface area contributed by atoms with Gasteiger partial charge in [0.1, 0.15) is 23.9 Å². The largest absolute Gasteiger partial charge is 0.433 e. The topological polar surface area (TPSA) is 105 Å². The number of aromatic nitrogens is 3. The average Bonchev–Trinajstić information content (AvgIpc) is 3.25. The number of rotatable bonds is 6. The van der Waals surface area contributed by atoms with Crippen LogP contribution in [0.25, 0.3) is 11.3 Å². The zero-order valence-corrected chi connectivity index (χ0v) is 19.7. The van der Waals surface area contributed by atoms with Crippen LogP contribution in [0, 0.1) is 5.82 Å². The van der Waals surface area contributed by atoms with Gasteiger partial charge in [-0.1, -0.05) is 0 Å². The molecule has 1 N–H and O–H groups in total. The third-order valence-corrected chi connectivity index (χ3v) is 7.85. The Morgan fingerprint density at radius 1 is 1.08 bits per heavy atom. The number of hydrogen-bond acceptors (Lipinski definition) is 6. The van der Waals surface area contributed by atoms with Crippen molar-refractivity contribution < 1.29 is 30.8 Å². The van der Waals surface area contributed by atoms with Crippen molar-refractivity contribution in [1.82, 2.24) is 24.6 Å². The smallest absolute Gasteiger partial charge is 0.349 e. The van der Waals surface area contributed by atoms with Crippen molar-refractivity contribution in [2.45, 2.75) is 49.5 Å². The van der Waals surface area contributed by atoms with Gasteiger partial charge in [0.25, 0.3) is 0 Å². The van der Waals surface area contributed by atoms with E-state index in [9.17, 15) is 30.8 Å². The van der Waals surface area contributed by atoms with Gasteiger partial charge >= 0.3 is 6.18 Å². The monoisotopic (exact) mass is 523 g/mol. The zero-order valence-electron chi connectivity index (χ0n) is 18.9. The first kappa shape index (κ1) is 25.6. The highest BCUT2D eigenvalue weighted by molar-refractivity contribution is 7.89. The van der Waals surface area contributed by atoms with Crippen LogP contribution in [-0.4, -0.2) is 45.7 Å². The molecule has 8 nitrogen and oxygen atoms in total. The van der Waals surface area contributed by atoms with Gasteiger partial charge in [-0.2, -0.15) is 17.5 Å². The van der Waals surface area contributed by atoms with E-state index in [4.69, 9.17) is 0 Å². The van der Waals surface area contributed by atoms with Crippen LogP contribution in [0.3, 0.4) is 0 Å². The summed E-state index contributed by atoms with van der Waals surface area (Å²) in [5, 5.41) is 2.67. The van der Waals surface area contributed by atoms with Crippen molar-refractivity contribution in [3.05, 3.63) is 72.2 Å². The van der Waals surface area contributed by atoms with Crippen molar-refractivity contribution in [2.75, 3.05) is 0 Å². The number of sulfonamides is 1. The first-order valence-corrected chi connectivity index (χ1v) is 12.3. The molecule has 2 atom stereocenters. The minimum absolute atomic E-state index is 0.0578. The number of nitrogens with one attached hydrogen (secondary N) is 1. The number of alkyl halides is 3. The van der Waals surface area contributed by atoms with Crippen LogP contribution < -0.4 is 5.32 Å². The van der Waals surface area contributed by atoms with Gasteiger partial charge in [0.05, 0.1) is 22.8 Å². The Morgan fingerprint density at radius 2 is 1.81 bits per heavy atom. The maximum atomic E-state index is 13.3. The Labute approximate surface area is 204 Å². The number of carbonyl (C=O) groups is 1. The van der Waals surface area contributed by atoms with Crippen LogP contribution >= 0.6 is 0 Å². The SMILES string of the molecule is C[C@H]1CC[C@@H](C(=O)NCc2cc(-c3ccc(C(F)(F)F)nc3)ncn2)N1S(=O)(=O)c1ccc(F)cc1. The molecule has 0 unspecified atom stereocenters. The van der Waals surface area contributed by atoms with Gasteiger partial charge in [-0.05, 0) is 62.2 Å². The third kappa shape index (κ3) is 5.36. The summed E-state index contributed by atoms with van der Waals surface area (Å²) in [7, 11) is -4.05. The molecule has 1 aliphatic rings. The maximum absolute atomic E-state index is 13.3. The van der Waals surface area contributed by atoms with Gasteiger partial charge in [-0.3, -0.25) is 9.78 Å². The fourth-order valence-electron chi connectivity index (χ4n) is 4.00. The Balaban J connectivity index is 1.47. The Morgan fingerprint density at radius 3 is 2.44 bits per heavy atom. The molecular formula is C23H21F4N5O3S. The summed E-state index contributed by atoms with van der Waals surface area (Å²) >= 11 is 0. The van der Waals surface area contributed by atoms with E-state index >= 15 is 0 Å². The number of benzene rings is 1. The predicted octanol–water partition coefficient (Wildman–Crippen LogP) is 3.55. The highest BCUT2D eigenvalue weighted by atomic mass is 32.2. The van der Waals surface area contributed by atoms with Crippen LogP contribution in [0.1, 0.15) is 31.2 Å². The van der Waals surface area contributed by atoms with Gasteiger partial charge in [0, 0.05) is 17.8 Å². The lowest BCUT2D eigenvalue weighted by Crippen LogP contribution is -2.48. The van der Waals surface area contributed by atoms with Crippen LogP contribution in [-0.2, 0) is 27.5 Å². The number of pyridine rings is 1. The molecule has 2 aromatic heterocycles. The van der Waals surface area contributed by atoms with Gasteiger partial charge in [-0.25, -0.2) is 22.8 Å². The minimum Gasteiger partial charge on any atom is -0.349 e. The molecule has 0 spiro atoms. The first-order valence-electron chi connectivity index (χ1n) is 10.9. The quantitative estimate of drug-likeness (QED) is 0.496. The predicted molar refractivity (Wildman–Crippen MR) is 120 cm³/mol. The summed E-state index contributed by atoms with van der Waals surface area (Å²) in [6.07, 6.45) is -1.53. The van der Waals surface area contributed by atoms with Crippen LogP contribution in [0.15, 0.2) is 59.9 Å². The number of amides is 1. The summed E-state index contributed by atoms with van der Waals surface area (Å²) in [5.41, 5.74) is -0.0180. The molecule has 36 heavy (non-hydrogen) atoms. The first-order chi connectivity index (χ1) is 17.0. The minimum atomic E-state index is -4.56. The highest BCUT2D eigenvalue weighted by Crippen LogP contribution is 2.31. The van der Waals surface area contributed by atoms with Crippen LogP contribution in [0.2, 0.25) is 0 Å². The van der Waals surface area contributed by atoms with Crippen molar-refractivity contribution in [3.63, 3.8) is 0 Å². The van der Waals surface area contributed by atoms with E-state index in [1.807, 2.05) is 0 Å². The lowest BCUT2D eigenvalue weighted by atomic mass is 10.1. The van der Waals surface area contributed by atoms with Crippen LogP contribution in [0.5, 0.6) is 0 Å². The van der Waals surface area contributed by atoms with E-state index < -0.39 is 45.7 Å². The molecule has 1 fully saturated rings. The second kappa shape index (κ2) is 9.90. The third-order valence-electron chi connectivity index (χ3n) is 5.81. The molecule has 0 radical (unpaired) electrons. The summed E-state index contributed by atoms with van der Waals surface area (Å²) < 4.78 is 78.9. The number of carbonyl (C=O) groups excluding carboxylic acids is 1. The van der Waals surface area contributed by atoms with E-state index in [1.54, 1.807) is 6.92 Å². The fourth-order valence-corrected chi connectivity index (χ4v) is 5.84. The van der Waals surface area contributed by atoms with E-state index in [2.05, 4.69) is 20.3 Å². The van der Waals surface area contributed by atoms with Gasteiger partial charge < -0.3 is 5.32 Å². The van der Waals surface area contributed by atoms with Gasteiger partial charge in [-0.15, -0.1) is 0 Å². The van der Waals surface area contributed by atoms with E-state index in [0.717, 1.165) is 40.8 Å². The molecule has 0 saturated carbocycles. The standard InChI is InChI=1S/C23H21F4N5O3S/c1-14-2-8-20(32(14)36(34,35)18-6-4-16(24)5-7-18)22(33)29-12-17-10-19(31-13-30-17)15-3-9-21(28-11-15)23(25,26)27/h3-7,9-11,13-14,20H,2,8,12H2,1H3,(H,29,33)/t14-,20-/m0/s1. The summed E-state index contributed by atoms with van der Waals surface area (Å²) in [6, 6.07) is 6.57. The average molecular weight is 524 g/mol. The molecule has 3 heterocycles. The molecule has 1 aromatic carbocycles. The normalized spacial score (nSPS) is 18.8. The molecule has 0 bridgehead atoms. The maximum Gasteiger partial charge on any atom is 0.433 e. The van der Waals surface area contributed by atoms with Gasteiger partial charge in [0.15, 0.2) is 0 Å². The number of nitrogens with zero attached hydrogens (tertiary/aromatic N) is 4. The van der Waals surface area contributed by atoms with Crippen molar-refractivity contribution >= 4 is 15.9 Å². The Hall–Kier alpha value is -3.45. The summed E-state index contributed by atoms with van der Waals surface area (Å²) in [5.74, 6) is -1.10. The van der Waals surface area contributed by atoms with Crippen molar-refractivity contribution in [1.29, 1.82) is 0 Å². The molecule has 4 rings (SSSR count). The van der Waals surface area contributed by atoms with Gasteiger partial charge in [0.2, 0.25) is 15.9 Å². The fraction of sp³-hybridized carbons (Fsp3) is 0.304. The van der Waals surface area contributed by atoms with E-state index in [-0.39, 0.29) is 11.4 Å². The molecule has 1 saturated heterocycles. The molecule has 13 heteroatoms. The summed E-state index contributed by atoms with van der Waals surface area (Å²) in [4.78, 5) is 24.4. The molecule has 1 aliphatic heterocycles. The molecule has 1 amide bonds. The summed E-state index contributed by atoms with van der Waals surface area (Å²) in [6.45, 7) is 1.64. The lowest BCUT2D eigenvalue weighted by molar-refractivity contribution is -0.141. The lowest BCUT2D eigenvalue weighted by Gasteiger charge is -2.27. The van der Waals surface area contributed by atoms with E-state index in [0.29, 0.717) is 29.8 Å². The number of hydrogen-bond donors (Lipinski definition) is 1. The molecular weight excluding hydrogens is 502 g/mol. The van der Waals surface area contributed by atoms with E-state index in [1.165, 1.54) is 18.5 Å². The second-order valence-corrected chi connectivity index (χ2v) is 10.1. The second-order valence-electron chi connectivity index (χ2n) is 8.27. The Bertz CT molecular complexity index is 1350. The van der Waals surface area contributed by atoms with Crippen molar-refractivity contribution in [3.8, 4) is 11.3 Å². The zero-order chi connectivity index (χ0) is 26.1. The molecule has 0 aliphatic carbocycles. The van der Waals surface area contributed by atoms with Crippen molar-refractivity contribution in [2.24, 2.45) is 0 Å². The molecule has 190 valence electrons.